The molecule has 2 aromatic rings. The first-order chi connectivity index (χ1) is 10.3. The van der Waals surface area contributed by atoms with Gasteiger partial charge in [0.1, 0.15) is 0 Å². The van der Waals surface area contributed by atoms with Crippen molar-refractivity contribution in [3.05, 3.63) is 53.6 Å². The Hall–Kier alpha value is -1.61. The summed E-state index contributed by atoms with van der Waals surface area (Å²) in [5.41, 5.74) is 4.14. The van der Waals surface area contributed by atoms with E-state index in [9.17, 15) is 0 Å². The summed E-state index contributed by atoms with van der Waals surface area (Å²) in [6.07, 6.45) is 8.08. The number of aromatic nitrogens is 2. The van der Waals surface area contributed by atoms with Gasteiger partial charge >= 0.3 is 0 Å². The fraction of sp³-hybridized carbons (Fsp3) is 0.500. The van der Waals surface area contributed by atoms with Gasteiger partial charge in [0.15, 0.2) is 0 Å². The van der Waals surface area contributed by atoms with Gasteiger partial charge < -0.3 is 9.88 Å². The monoisotopic (exact) mass is 283 g/mol. The third kappa shape index (κ3) is 2.75. The molecule has 0 amide bonds. The molecular weight excluding hydrogens is 258 g/mol. The summed E-state index contributed by atoms with van der Waals surface area (Å²) in [4.78, 5) is 4.67. The molecule has 3 rings (SSSR count). The number of benzene rings is 1. The minimum Gasteiger partial charge on any atom is -0.329 e. The number of nitrogens with zero attached hydrogens (tertiary/aromatic N) is 2. The lowest BCUT2D eigenvalue weighted by Gasteiger charge is -2.30. The Bertz CT molecular complexity index is 573. The van der Waals surface area contributed by atoms with Gasteiger partial charge in [0.25, 0.3) is 0 Å². The van der Waals surface area contributed by atoms with Crippen LogP contribution < -0.4 is 5.32 Å². The van der Waals surface area contributed by atoms with Gasteiger partial charge in [-0.05, 0) is 44.7 Å². The number of aryl methyl sites for hydroxylation is 1. The zero-order valence-corrected chi connectivity index (χ0v) is 13.0. The van der Waals surface area contributed by atoms with Crippen LogP contribution in [0.4, 0.5) is 0 Å². The maximum atomic E-state index is 4.67. The highest BCUT2D eigenvalue weighted by atomic mass is 15.1. The van der Waals surface area contributed by atoms with Crippen LogP contribution in [0, 0.1) is 0 Å². The number of rotatable bonds is 5. The third-order valence-electron chi connectivity index (χ3n) is 4.69. The maximum Gasteiger partial charge on any atom is 0.0954 e. The zero-order valence-electron chi connectivity index (χ0n) is 13.0. The molecule has 1 aromatic carbocycles. The van der Waals surface area contributed by atoms with Gasteiger partial charge in [-0.15, -0.1) is 0 Å². The van der Waals surface area contributed by atoms with E-state index in [-0.39, 0.29) is 0 Å². The second-order valence-electron chi connectivity index (χ2n) is 5.90. The van der Waals surface area contributed by atoms with Gasteiger partial charge in [0.2, 0.25) is 0 Å². The van der Waals surface area contributed by atoms with Crippen LogP contribution in [0.15, 0.2) is 36.7 Å². The molecule has 1 aromatic heterocycles. The van der Waals surface area contributed by atoms with Crippen LogP contribution in [0.3, 0.4) is 0 Å². The van der Waals surface area contributed by atoms with Gasteiger partial charge in [-0.3, -0.25) is 0 Å². The molecule has 3 nitrogen and oxygen atoms in total. The highest BCUT2D eigenvalue weighted by Gasteiger charge is 2.26. The molecule has 0 saturated carbocycles. The lowest BCUT2D eigenvalue weighted by molar-refractivity contribution is 0.352. The second kappa shape index (κ2) is 6.44. The average Bonchev–Trinajstić information content (AvgIpc) is 2.97. The number of fused-ring (bicyclic) bond motifs is 1. The lowest BCUT2D eigenvalue weighted by Crippen LogP contribution is -2.28. The molecule has 0 saturated heterocycles. The van der Waals surface area contributed by atoms with E-state index in [4.69, 9.17) is 0 Å². The topological polar surface area (TPSA) is 29.9 Å². The Morgan fingerprint density at radius 3 is 2.67 bits per heavy atom. The fourth-order valence-electron chi connectivity index (χ4n) is 3.61. The highest BCUT2D eigenvalue weighted by molar-refractivity contribution is 5.23. The second-order valence-corrected chi connectivity index (χ2v) is 5.90. The molecule has 2 atom stereocenters. The summed E-state index contributed by atoms with van der Waals surface area (Å²) in [6.45, 7) is 2.27. The largest absolute Gasteiger partial charge is 0.329 e. The van der Waals surface area contributed by atoms with E-state index in [2.05, 4.69) is 65.5 Å². The quantitative estimate of drug-likeness (QED) is 0.907. The smallest absolute Gasteiger partial charge is 0.0954 e. The summed E-state index contributed by atoms with van der Waals surface area (Å²) in [5, 5.41) is 3.52. The molecule has 2 unspecified atom stereocenters. The summed E-state index contributed by atoms with van der Waals surface area (Å²) in [5.74, 6) is 0. The molecule has 1 aliphatic rings. The van der Waals surface area contributed by atoms with Crippen LogP contribution in [0.25, 0.3) is 0 Å². The number of likely N-dealkylation sites (N-methyl/N-ethyl adjacent to an activating group) is 1. The summed E-state index contributed by atoms with van der Waals surface area (Å²) >= 11 is 0. The van der Waals surface area contributed by atoms with Gasteiger partial charge in [-0.2, -0.15) is 0 Å². The van der Waals surface area contributed by atoms with Crippen molar-refractivity contribution in [2.75, 3.05) is 7.05 Å². The van der Waals surface area contributed by atoms with Crippen LogP contribution in [-0.4, -0.2) is 16.6 Å². The minimum atomic E-state index is 0.330. The zero-order chi connectivity index (χ0) is 14.7. The number of nitrogens with one attached hydrogen (secondary N) is 1. The lowest BCUT2D eigenvalue weighted by atomic mass is 9.95. The molecule has 0 fully saturated rings. The molecular formula is C18H25N3. The minimum absolute atomic E-state index is 0.330. The number of imidazole rings is 1. The number of hydrogen-bond acceptors (Lipinski definition) is 2. The Balaban J connectivity index is 1.95. The van der Waals surface area contributed by atoms with E-state index in [1.807, 2.05) is 0 Å². The van der Waals surface area contributed by atoms with Crippen molar-refractivity contribution < 1.29 is 0 Å². The van der Waals surface area contributed by atoms with Gasteiger partial charge in [0.05, 0.1) is 24.1 Å². The summed E-state index contributed by atoms with van der Waals surface area (Å²) in [7, 11) is 2.06. The first kappa shape index (κ1) is 14.3. The molecule has 0 bridgehead atoms. The molecule has 21 heavy (non-hydrogen) atoms. The molecule has 3 heteroatoms. The number of hydrogen-bond donors (Lipinski definition) is 1. The predicted octanol–water partition coefficient (Wildman–Crippen LogP) is 3.67. The van der Waals surface area contributed by atoms with Crippen molar-refractivity contribution in [1.29, 1.82) is 0 Å². The Morgan fingerprint density at radius 1 is 1.19 bits per heavy atom. The van der Waals surface area contributed by atoms with Crippen molar-refractivity contribution in [1.82, 2.24) is 14.9 Å². The summed E-state index contributed by atoms with van der Waals surface area (Å²) in [6, 6.07) is 11.5. The van der Waals surface area contributed by atoms with Crippen LogP contribution >= 0.6 is 0 Å². The predicted molar refractivity (Wildman–Crippen MR) is 86.4 cm³/mol. The van der Waals surface area contributed by atoms with E-state index in [1.165, 1.54) is 36.2 Å². The Morgan fingerprint density at radius 2 is 1.95 bits per heavy atom. The van der Waals surface area contributed by atoms with Crippen LogP contribution in [0.2, 0.25) is 0 Å². The van der Waals surface area contributed by atoms with Crippen molar-refractivity contribution in [2.24, 2.45) is 0 Å². The van der Waals surface area contributed by atoms with Crippen LogP contribution in [0.5, 0.6) is 0 Å². The molecule has 0 radical (unpaired) electrons. The van der Waals surface area contributed by atoms with E-state index in [0.29, 0.717) is 12.1 Å². The maximum absolute atomic E-state index is 4.67. The third-order valence-corrected chi connectivity index (χ3v) is 4.69. The normalized spacial score (nSPS) is 17.2. The van der Waals surface area contributed by atoms with Crippen molar-refractivity contribution in [2.45, 2.75) is 51.1 Å². The fourth-order valence-corrected chi connectivity index (χ4v) is 3.61. The first-order valence-electron chi connectivity index (χ1n) is 8.12. The molecule has 1 heterocycles. The Kier molecular flexibility index (Phi) is 4.39. The molecule has 0 spiro atoms. The molecule has 1 N–H and O–H groups in total. The van der Waals surface area contributed by atoms with E-state index in [1.54, 1.807) is 0 Å². The molecule has 0 aliphatic heterocycles. The molecule has 1 aliphatic carbocycles. The van der Waals surface area contributed by atoms with E-state index in [0.717, 1.165) is 12.8 Å². The standard InChI is InChI=1S/C18H25N3/c1-3-16(18(19-2)14-9-5-4-6-10-14)21-13-20-15-11-7-8-12-17(15)21/h4-6,9-10,13,16,18-19H,3,7-8,11-12H2,1-2H3. The first-order valence-corrected chi connectivity index (χ1v) is 8.12. The van der Waals surface area contributed by atoms with Gasteiger partial charge in [-0.25, -0.2) is 4.98 Å². The van der Waals surface area contributed by atoms with E-state index >= 15 is 0 Å². The molecule has 112 valence electrons. The van der Waals surface area contributed by atoms with Crippen LogP contribution in [-0.2, 0) is 12.8 Å². The van der Waals surface area contributed by atoms with Gasteiger partial charge in [-0.1, -0.05) is 37.3 Å². The van der Waals surface area contributed by atoms with Crippen molar-refractivity contribution in [3.8, 4) is 0 Å². The SMILES string of the molecule is CCC(C(NC)c1ccccc1)n1cnc2c1CCCC2. The summed E-state index contributed by atoms with van der Waals surface area (Å²) < 4.78 is 2.43. The Labute approximate surface area is 127 Å². The van der Waals surface area contributed by atoms with Crippen molar-refractivity contribution >= 4 is 0 Å². The van der Waals surface area contributed by atoms with Crippen molar-refractivity contribution in [3.63, 3.8) is 0 Å². The van der Waals surface area contributed by atoms with Crippen LogP contribution in [0.1, 0.15) is 55.2 Å². The average molecular weight is 283 g/mol. The van der Waals surface area contributed by atoms with E-state index < -0.39 is 0 Å². The highest BCUT2D eigenvalue weighted by Crippen LogP contribution is 2.32. The van der Waals surface area contributed by atoms with Gasteiger partial charge in [0, 0.05) is 5.69 Å².